The fourth-order valence-electron chi connectivity index (χ4n) is 4.33. The highest BCUT2D eigenvalue weighted by atomic mass is 32.2. The average molecular weight is 638 g/mol. The molecule has 0 saturated carbocycles. The van der Waals surface area contributed by atoms with Gasteiger partial charge in [0.1, 0.15) is 18.0 Å². The van der Waals surface area contributed by atoms with Gasteiger partial charge in [-0.05, 0) is 91.2 Å². The second-order valence-electron chi connectivity index (χ2n) is 10.0. The number of amides is 3. The lowest BCUT2D eigenvalue weighted by Crippen LogP contribution is -2.39. The zero-order chi connectivity index (χ0) is 32.2. The molecule has 3 aromatic carbocycles. The molecule has 1 fully saturated rings. The number of hydrogen-bond acceptors (Lipinski definition) is 9. The molecule has 0 unspecified atom stereocenters. The number of anilines is 2. The van der Waals surface area contributed by atoms with Crippen LogP contribution in [0.4, 0.5) is 11.4 Å². The lowest BCUT2D eigenvalue weighted by molar-refractivity contribution is -0.123. The summed E-state index contributed by atoms with van der Waals surface area (Å²) < 4.78 is 44.4. The van der Waals surface area contributed by atoms with E-state index in [2.05, 4.69) is 21.2 Å². The summed E-state index contributed by atoms with van der Waals surface area (Å²) in [5, 5.41) is 9.33. The van der Waals surface area contributed by atoms with E-state index >= 15 is 0 Å². The van der Waals surface area contributed by atoms with Crippen LogP contribution in [0.3, 0.4) is 0 Å². The lowest BCUT2D eigenvalue weighted by Gasteiger charge is -2.24. The molecule has 1 aliphatic heterocycles. The van der Waals surface area contributed by atoms with Gasteiger partial charge in [0, 0.05) is 25.8 Å². The van der Waals surface area contributed by atoms with Gasteiger partial charge in [-0.15, -0.1) is 0 Å². The minimum atomic E-state index is -4.20. The maximum absolute atomic E-state index is 13.6. The fraction of sp³-hybridized carbons (Fsp3) is 0.290. The van der Waals surface area contributed by atoms with Gasteiger partial charge in [0.2, 0.25) is 5.91 Å². The maximum Gasteiger partial charge on any atom is 0.264 e. The molecule has 13 nitrogen and oxygen atoms in total. The number of carbonyl (C=O) groups excluding carboxylic acids is 3. The van der Waals surface area contributed by atoms with Crippen LogP contribution in [-0.2, 0) is 29.1 Å². The minimum Gasteiger partial charge on any atom is -0.497 e. The first-order valence-corrected chi connectivity index (χ1v) is 15.6. The van der Waals surface area contributed by atoms with Crippen molar-refractivity contribution in [3.05, 3.63) is 78.4 Å². The third kappa shape index (κ3) is 9.78. The van der Waals surface area contributed by atoms with Crippen LogP contribution in [0.1, 0.15) is 25.3 Å². The van der Waals surface area contributed by atoms with Gasteiger partial charge in [0.15, 0.2) is 6.61 Å². The number of sulfonamides is 1. The SMILES string of the molecule is COc1ccc(N(CC(=O)N/N=C\c2ccc(OCC(=O)NC[C@H]3CCCO3)cc2)S(=O)(=O)c2ccc(NC(C)=O)cc2)cc1. The first-order valence-electron chi connectivity index (χ1n) is 14.1. The predicted molar refractivity (Wildman–Crippen MR) is 168 cm³/mol. The number of carbonyl (C=O) groups is 3. The summed E-state index contributed by atoms with van der Waals surface area (Å²) >= 11 is 0. The quantitative estimate of drug-likeness (QED) is 0.179. The smallest absolute Gasteiger partial charge is 0.264 e. The Kier molecular flexibility index (Phi) is 11.5. The molecule has 4 rings (SSSR count). The predicted octanol–water partition coefficient (Wildman–Crippen LogP) is 2.67. The van der Waals surface area contributed by atoms with Gasteiger partial charge in [-0.25, -0.2) is 13.8 Å². The van der Waals surface area contributed by atoms with Crippen molar-refractivity contribution in [1.82, 2.24) is 10.7 Å². The van der Waals surface area contributed by atoms with Crippen LogP contribution >= 0.6 is 0 Å². The molecule has 0 aliphatic carbocycles. The van der Waals surface area contributed by atoms with Crippen molar-refractivity contribution < 1.29 is 37.0 Å². The van der Waals surface area contributed by atoms with E-state index in [-0.39, 0.29) is 35.1 Å². The van der Waals surface area contributed by atoms with Crippen LogP contribution in [-0.4, -0.2) is 71.9 Å². The summed E-state index contributed by atoms with van der Waals surface area (Å²) in [5.41, 5.74) is 3.65. The maximum atomic E-state index is 13.6. The van der Waals surface area contributed by atoms with Gasteiger partial charge >= 0.3 is 0 Å². The summed E-state index contributed by atoms with van der Waals surface area (Å²) in [7, 11) is -2.71. The second kappa shape index (κ2) is 15.7. The minimum absolute atomic E-state index is 0.0532. The highest BCUT2D eigenvalue weighted by molar-refractivity contribution is 7.92. The van der Waals surface area contributed by atoms with Crippen LogP contribution in [0.5, 0.6) is 11.5 Å². The lowest BCUT2D eigenvalue weighted by atomic mass is 10.2. The molecule has 1 saturated heterocycles. The average Bonchev–Trinajstić information content (AvgIpc) is 3.56. The molecule has 3 aromatic rings. The number of rotatable bonds is 14. The zero-order valence-corrected chi connectivity index (χ0v) is 25.7. The summed E-state index contributed by atoms with van der Waals surface area (Å²) in [5.74, 6) is -0.230. The third-order valence-electron chi connectivity index (χ3n) is 6.61. The molecule has 45 heavy (non-hydrogen) atoms. The van der Waals surface area contributed by atoms with Crippen molar-refractivity contribution in [2.75, 3.05) is 43.0 Å². The molecule has 238 valence electrons. The van der Waals surface area contributed by atoms with Crippen LogP contribution in [0, 0.1) is 0 Å². The number of benzene rings is 3. The van der Waals surface area contributed by atoms with Crippen LogP contribution in [0.25, 0.3) is 0 Å². The molecule has 3 amide bonds. The van der Waals surface area contributed by atoms with Crippen molar-refractivity contribution in [3.8, 4) is 11.5 Å². The van der Waals surface area contributed by atoms with E-state index in [1.807, 2.05) is 0 Å². The Balaban J connectivity index is 1.35. The zero-order valence-electron chi connectivity index (χ0n) is 24.9. The van der Waals surface area contributed by atoms with E-state index in [9.17, 15) is 22.8 Å². The normalized spacial score (nSPS) is 14.5. The number of hydrogen-bond donors (Lipinski definition) is 3. The fourth-order valence-corrected chi connectivity index (χ4v) is 5.75. The topological polar surface area (TPSA) is 165 Å². The summed E-state index contributed by atoms with van der Waals surface area (Å²) in [6.45, 7) is 1.82. The Bertz CT molecular complexity index is 1590. The van der Waals surface area contributed by atoms with Gasteiger partial charge in [-0.2, -0.15) is 5.10 Å². The Hall–Kier alpha value is -4.95. The number of ether oxygens (including phenoxy) is 3. The molecular formula is C31H35N5O8S. The van der Waals surface area contributed by atoms with Crippen LogP contribution < -0.4 is 29.8 Å². The van der Waals surface area contributed by atoms with E-state index in [1.54, 1.807) is 36.4 Å². The Morgan fingerprint density at radius 2 is 1.67 bits per heavy atom. The number of methoxy groups -OCH3 is 1. The van der Waals surface area contributed by atoms with E-state index in [4.69, 9.17) is 14.2 Å². The van der Waals surface area contributed by atoms with Crippen molar-refractivity contribution >= 4 is 45.3 Å². The van der Waals surface area contributed by atoms with Crippen LogP contribution in [0.15, 0.2) is 82.8 Å². The van der Waals surface area contributed by atoms with E-state index in [0.29, 0.717) is 29.3 Å². The molecule has 0 spiro atoms. The monoisotopic (exact) mass is 637 g/mol. The summed E-state index contributed by atoms with van der Waals surface area (Å²) in [4.78, 5) is 36.1. The van der Waals surface area contributed by atoms with Gasteiger partial charge < -0.3 is 24.8 Å². The second-order valence-corrected chi connectivity index (χ2v) is 11.9. The van der Waals surface area contributed by atoms with Gasteiger partial charge in [-0.3, -0.25) is 18.7 Å². The molecule has 0 bridgehead atoms. The molecule has 14 heteroatoms. The van der Waals surface area contributed by atoms with Crippen molar-refractivity contribution in [2.24, 2.45) is 5.10 Å². The van der Waals surface area contributed by atoms with E-state index < -0.39 is 22.5 Å². The molecule has 1 atom stereocenters. The highest BCUT2D eigenvalue weighted by Gasteiger charge is 2.27. The van der Waals surface area contributed by atoms with Crippen LogP contribution in [0.2, 0.25) is 0 Å². The summed E-state index contributed by atoms with van der Waals surface area (Å²) in [6, 6.07) is 18.5. The molecule has 1 heterocycles. The molecule has 0 aromatic heterocycles. The van der Waals surface area contributed by atoms with Gasteiger partial charge in [0.25, 0.3) is 21.8 Å². The highest BCUT2D eigenvalue weighted by Crippen LogP contribution is 2.26. The first kappa shape index (κ1) is 33.0. The molecular weight excluding hydrogens is 602 g/mol. The molecule has 0 radical (unpaired) electrons. The molecule has 1 aliphatic rings. The molecule has 3 N–H and O–H groups in total. The van der Waals surface area contributed by atoms with E-state index in [0.717, 1.165) is 23.8 Å². The van der Waals surface area contributed by atoms with Crippen molar-refractivity contribution in [1.29, 1.82) is 0 Å². The number of nitrogens with zero attached hydrogens (tertiary/aromatic N) is 2. The first-order chi connectivity index (χ1) is 21.6. The van der Waals surface area contributed by atoms with E-state index in [1.165, 1.54) is 56.6 Å². The van der Waals surface area contributed by atoms with Crippen molar-refractivity contribution in [2.45, 2.75) is 30.8 Å². The standard InChI is InChI=1S/C31H35N5O8S/c1-22(37)34-24-7-15-29(16-8-24)45(40,41)36(25-9-13-26(42-2)14-10-25)20-30(38)35-33-18-23-5-11-27(12-6-23)44-21-31(39)32-19-28-4-3-17-43-28/h5-16,18,28H,3-4,17,19-21H2,1-2H3,(H,32,39)(H,34,37)(H,35,38)/b33-18-/t28-/m1/s1. The Morgan fingerprint density at radius 1 is 0.978 bits per heavy atom. The van der Waals surface area contributed by atoms with Crippen molar-refractivity contribution in [3.63, 3.8) is 0 Å². The summed E-state index contributed by atoms with van der Waals surface area (Å²) in [6.07, 6.45) is 3.38. The largest absolute Gasteiger partial charge is 0.497 e. The number of nitrogens with one attached hydrogen (secondary N) is 3. The Morgan fingerprint density at radius 3 is 2.29 bits per heavy atom. The Labute approximate surface area is 261 Å². The van der Waals surface area contributed by atoms with Gasteiger partial charge in [0.05, 0.1) is 30.0 Å². The number of hydrazone groups is 1. The van der Waals surface area contributed by atoms with Gasteiger partial charge in [-0.1, -0.05) is 0 Å². The third-order valence-corrected chi connectivity index (χ3v) is 8.40.